The topological polar surface area (TPSA) is 80.9 Å². The van der Waals surface area contributed by atoms with Crippen LogP contribution in [-0.2, 0) is 6.42 Å². The van der Waals surface area contributed by atoms with E-state index >= 15 is 0 Å². The van der Waals surface area contributed by atoms with Gasteiger partial charge in [0.2, 0.25) is 0 Å². The lowest BCUT2D eigenvalue weighted by Crippen LogP contribution is -2.33. The van der Waals surface area contributed by atoms with E-state index in [1.54, 1.807) is 0 Å². The van der Waals surface area contributed by atoms with Crippen molar-refractivity contribution in [3.63, 3.8) is 0 Å². The minimum absolute atomic E-state index is 0.00935. The van der Waals surface area contributed by atoms with Gasteiger partial charge in [-0.1, -0.05) is 30.6 Å². The molecule has 0 fully saturated rings. The van der Waals surface area contributed by atoms with E-state index in [9.17, 15) is 4.79 Å². The molecule has 3 N–H and O–H groups in total. The van der Waals surface area contributed by atoms with Crippen molar-refractivity contribution in [2.75, 3.05) is 6.54 Å². The average Bonchev–Trinajstić information content (AvgIpc) is 2.73. The number of hydrogen-bond donors (Lipinski definition) is 2. The van der Waals surface area contributed by atoms with Crippen LogP contribution in [0.2, 0.25) is 0 Å². The van der Waals surface area contributed by atoms with Crippen molar-refractivity contribution in [3.05, 3.63) is 10.6 Å². The summed E-state index contributed by atoms with van der Waals surface area (Å²) in [7, 11) is 0. The number of aryl methyl sites for hydroxylation is 1. The molecule has 1 amide bonds. The highest BCUT2D eigenvalue weighted by Gasteiger charge is 2.15. The molecule has 7 heteroatoms. The number of thiocarbonyl (C=S) groups is 1. The largest absolute Gasteiger partial charge is 0.393 e. The highest BCUT2D eigenvalue weighted by molar-refractivity contribution is 7.80. The summed E-state index contributed by atoms with van der Waals surface area (Å²) in [6.07, 6.45) is 0.699. The van der Waals surface area contributed by atoms with E-state index in [0.29, 0.717) is 22.8 Å². The van der Waals surface area contributed by atoms with Crippen LogP contribution in [0.1, 0.15) is 29.2 Å². The summed E-state index contributed by atoms with van der Waals surface area (Å²) in [6.45, 7) is 4.24. The Kier molecular flexibility index (Phi) is 4.75. The lowest BCUT2D eigenvalue weighted by atomic mass is 10.2. The Labute approximate surface area is 104 Å². The maximum absolute atomic E-state index is 11.7. The van der Waals surface area contributed by atoms with E-state index in [0.717, 1.165) is 17.2 Å². The first kappa shape index (κ1) is 13.0. The summed E-state index contributed by atoms with van der Waals surface area (Å²) in [5.41, 5.74) is 6.18. The molecule has 1 heterocycles. The van der Waals surface area contributed by atoms with Gasteiger partial charge in [0.25, 0.3) is 5.91 Å². The van der Waals surface area contributed by atoms with Crippen LogP contribution in [0.15, 0.2) is 0 Å². The summed E-state index contributed by atoms with van der Waals surface area (Å²) in [6, 6.07) is 0. The summed E-state index contributed by atoms with van der Waals surface area (Å²) in [5.74, 6) is -0.167. The third kappa shape index (κ3) is 3.21. The fraction of sp³-hybridized carbons (Fsp3) is 0.556. The average molecular weight is 258 g/mol. The minimum Gasteiger partial charge on any atom is -0.393 e. The molecule has 1 unspecified atom stereocenters. The Morgan fingerprint density at radius 1 is 1.69 bits per heavy atom. The molecule has 1 aromatic heterocycles. The fourth-order valence-electron chi connectivity index (χ4n) is 1.04. The van der Waals surface area contributed by atoms with Crippen molar-refractivity contribution < 1.29 is 4.79 Å². The molecule has 0 aromatic carbocycles. The molecule has 0 saturated carbocycles. The van der Waals surface area contributed by atoms with Crippen LogP contribution in [0.3, 0.4) is 0 Å². The zero-order valence-electron chi connectivity index (χ0n) is 9.19. The summed E-state index contributed by atoms with van der Waals surface area (Å²) in [5, 5.41) is 6.64. The predicted molar refractivity (Wildman–Crippen MR) is 67.6 cm³/mol. The van der Waals surface area contributed by atoms with Crippen molar-refractivity contribution >= 4 is 34.6 Å². The van der Waals surface area contributed by atoms with Gasteiger partial charge < -0.3 is 11.1 Å². The standard InChI is InChI=1S/C9H14N4OS2/c1-3-6-7(16-13-12-6)9(14)11-4-5(2)8(10)15/h5H,3-4H2,1-2H3,(H2,10,15)(H,11,14). The lowest BCUT2D eigenvalue weighted by Gasteiger charge is -2.10. The number of nitrogens with zero attached hydrogens (tertiary/aromatic N) is 2. The van der Waals surface area contributed by atoms with Crippen LogP contribution in [0, 0.1) is 5.92 Å². The van der Waals surface area contributed by atoms with Gasteiger partial charge in [-0.05, 0) is 18.0 Å². The van der Waals surface area contributed by atoms with Crippen molar-refractivity contribution in [2.45, 2.75) is 20.3 Å². The molecule has 1 atom stereocenters. The third-order valence-corrected chi connectivity index (χ3v) is 3.32. The number of carbonyl (C=O) groups is 1. The number of carbonyl (C=O) groups excluding carboxylic acids is 1. The van der Waals surface area contributed by atoms with Gasteiger partial charge in [0.05, 0.1) is 10.7 Å². The van der Waals surface area contributed by atoms with Gasteiger partial charge in [0.1, 0.15) is 4.88 Å². The molecule has 16 heavy (non-hydrogen) atoms. The second-order valence-electron chi connectivity index (χ2n) is 3.42. The number of rotatable bonds is 5. The molecule has 1 aromatic rings. The fourth-order valence-corrected chi connectivity index (χ4v) is 1.79. The first-order valence-electron chi connectivity index (χ1n) is 4.95. The molecule has 0 aliphatic carbocycles. The molecule has 88 valence electrons. The van der Waals surface area contributed by atoms with E-state index in [2.05, 4.69) is 14.9 Å². The molecule has 0 aliphatic rings. The van der Waals surface area contributed by atoms with E-state index in [-0.39, 0.29) is 11.8 Å². The van der Waals surface area contributed by atoms with Gasteiger partial charge >= 0.3 is 0 Å². The van der Waals surface area contributed by atoms with Crippen LogP contribution in [0.4, 0.5) is 0 Å². The van der Waals surface area contributed by atoms with Crippen molar-refractivity contribution in [3.8, 4) is 0 Å². The molecule has 0 saturated heterocycles. The van der Waals surface area contributed by atoms with Crippen LogP contribution in [0.5, 0.6) is 0 Å². The summed E-state index contributed by atoms with van der Waals surface area (Å²) < 4.78 is 3.76. The van der Waals surface area contributed by atoms with Gasteiger partial charge in [0.15, 0.2) is 0 Å². The predicted octanol–water partition coefficient (Wildman–Crippen LogP) is 0.753. The normalized spacial score (nSPS) is 12.1. The maximum Gasteiger partial charge on any atom is 0.264 e. The zero-order chi connectivity index (χ0) is 12.1. The van der Waals surface area contributed by atoms with Gasteiger partial charge in [-0.25, -0.2) is 0 Å². The monoisotopic (exact) mass is 258 g/mol. The van der Waals surface area contributed by atoms with Crippen molar-refractivity contribution in [1.82, 2.24) is 14.9 Å². The molecular formula is C9H14N4OS2. The highest BCUT2D eigenvalue weighted by atomic mass is 32.1. The number of nitrogens with one attached hydrogen (secondary N) is 1. The quantitative estimate of drug-likeness (QED) is 0.762. The molecule has 0 radical (unpaired) electrons. The SMILES string of the molecule is CCc1nnsc1C(=O)NCC(C)C(N)=S. The summed E-state index contributed by atoms with van der Waals surface area (Å²) in [4.78, 5) is 12.7. The van der Waals surface area contributed by atoms with Gasteiger partial charge in [-0.15, -0.1) is 5.10 Å². The number of amides is 1. The maximum atomic E-state index is 11.7. The highest BCUT2D eigenvalue weighted by Crippen LogP contribution is 2.10. The Hall–Kier alpha value is -1.08. The number of aromatic nitrogens is 2. The molecule has 0 spiro atoms. The molecule has 0 aliphatic heterocycles. The number of nitrogens with two attached hydrogens (primary N) is 1. The Morgan fingerprint density at radius 2 is 2.38 bits per heavy atom. The first-order chi connectivity index (χ1) is 7.56. The van der Waals surface area contributed by atoms with E-state index in [1.165, 1.54) is 0 Å². The Morgan fingerprint density at radius 3 is 2.94 bits per heavy atom. The van der Waals surface area contributed by atoms with E-state index in [1.807, 2.05) is 13.8 Å². The first-order valence-corrected chi connectivity index (χ1v) is 6.13. The Bertz CT molecular complexity index is 391. The van der Waals surface area contributed by atoms with Crippen molar-refractivity contribution in [1.29, 1.82) is 0 Å². The third-order valence-electron chi connectivity index (χ3n) is 2.15. The van der Waals surface area contributed by atoms with Gasteiger partial charge in [-0.2, -0.15) is 0 Å². The zero-order valence-corrected chi connectivity index (χ0v) is 10.8. The number of hydrogen-bond acceptors (Lipinski definition) is 5. The molecule has 1 rings (SSSR count). The molecule has 0 bridgehead atoms. The van der Waals surface area contributed by atoms with Crippen LogP contribution < -0.4 is 11.1 Å². The smallest absolute Gasteiger partial charge is 0.264 e. The van der Waals surface area contributed by atoms with Crippen molar-refractivity contribution in [2.24, 2.45) is 11.7 Å². The lowest BCUT2D eigenvalue weighted by molar-refractivity contribution is 0.0954. The van der Waals surface area contributed by atoms with E-state index in [4.69, 9.17) is 18.0 Å². The second kappa shape index (κ2) is 5.86. The van der Waals surface area contributed by atoms with Crippen LogP contribution in [-0.4, -0.2) is 27.0 Å². The van der Waals surface area contributed by atoms with Gasteiger partial charge in [0, 0.05) is 12.5 Å². The van der Waals surface area contributed by atoms with Gasteiger partial charge in [-0.3, -0.25) is 4.79 Å². The van der Waals surface area contributed by atoms with E-state index < -0.39 is 0 Å². The molecule has 5 nitrogen and oxygen atoms in total. The second-order valence-corrected chi connectivity index (χ2v) is 4.64. The van der Waals surface area contributed by atoms with Crippen LogP contribution in [0.25, 0.3) is 0 Å². The Balaban J connectivity index is 2.56. The van der Waals surface area contributed by atoms with Crippen LogP contribution >= 0.6 is 23.8 Å². The molecular weight excluding hydrogens is 244 g/mol. The minimum atomic E-state index is -0.157. The summed E-state index contributed by atoms with van der Waals surface area (Å²) >= 11 is 5.93.